The van der Waals surface area contributed by atoms with Crippen molar-refractivity contribution >= 4 is 5.97 Å². The number of methoxy groups -OCH3 is 1. The lowest BCUT2D eigenvalue weighted by atomic mass is 9.83. The van der Waals surface area contributed by atoms with Crippen molar-refractivity contribution < 1.29 is 9.53 Å². The maximum absolute atomic E-state index is 12.2. The number of esters is 1. The van der Waals surface area contributed by atoms with Crippen molar-refractivity contribution in [2.75, 3.05) is 13.7 Å². The molecule has 21 heavy (non-hydrogen) atoms. The summed E-state index contributed by atoms with van der Waals surface area (Å²) in [6, 6.07) is 8.62. The van der Waals surface area contributed by atoms with Crippen LogP contribution in [0, 0.1) is 0 Å². The van der Waals surface area contributed by atoms with Gasteiger partial charge in [0.05, 0.1) is 13.0 Å². The molecule has 2 rings (SSSR count). The highest BCUT2D eigenvalue weighted by atomic mass is 16.5. The van der Waals surface area contributed by atoms with E-state index in [4.69, 9.17) is 4.74 Å². The van der Waals surface area contributed by atoms with Crippen LogP contribution in [0.15, 0.2) is 24.3 Å². The minimum Gasteiger partial charge on any atom is -0.469 e. The third kappa shape index (κ3) is 3.85. The average Bonchev–Trinajstić information content (AvgIpc) is 2.48. The van der Waals surface area contributed by atoms with E-state index in [0.29, 0.717) is 0 Å². The van der Waals surface area contributed by atoms with Crippen LogP contribution in [-0.2, 0) is 14.9 Å². The van der Waals surface area contributed by atoms with Crippen molar-refractivity contribution in [2.24, 2.45) is 0 Å². The molecule has 0 aliphatic carbocycles. The van der Waals surface area contributed by atoms with Crippen LogP contribution in [0.3, 0.4) is 0 Å². The Labute approximate surface area is 128 Å². The van der Waals surface area contributed by atoms with Crippen molar-refractivity contribution in [3.05, 3.63) is 35.4 Å². The third-order valence-corrected chi connectivity index (χ3v) is 4.34. The molecule has 1 aromatic carbocycles. The molecule has 1 heterocycles. The molecule has 0 amide bonds. The van der Waals surface area contributed by atoms with E-state index >= 15 is 0 Å². The van der Waals surface area contributed by atoms with Crippen LogP contribution >= 0.6 is 0 Å². The normalized spacial score (nSPS) is 20.9. The molecule has 0 radical (unpaired) electrons. The second kappa shape index (κ2) is 6.61. The number of hydrogen-bond acceptors (Lipinski definition) is 3. The van der Waals surface area contributed by atoms with Crippen LogP contribution in [0.4, 0.5) is 0 Å². The highest BCUT2D eigenvalue weighted by Crippen LogP contribution is 2.29. The van der Waals surface area contributed by atoms with Gasteiger partial charge in [-0.2, -0.15) is 0 Å². The lowest BCUT2D eigenvalue weighted by Gasteiger charge is -2.30. The van der Waals surface area contributed by atoms with Crippen molar-refractivity contribution in [3.8, 4) is 0 Å². The first-order valence-corrected chi connectivity index (χ1v) is 7.85. The number of hydrogen-bond donors (Lipinski definition) is 1. The fourth-order valence-electron chi connectivity index (χ4n) is 3.01. The largest absolute Gasteiger partial charge is 0.469 e. The van der Waals surface area contributed by atoms with Gasteiger partial charge in [-0.1, -0.05) is 51.5 Å². The SMILES string of the molecule is COC(=O)C(c1ccc(C(C)(C)C)cc1)C1CCCCN1. The molecule has 1 aliphatic rings. The Morgan fingerprint density at radius 2 is 1.90 bits per heavy atom. The summed E-state index contributed by atoms with van der Waals surface area (Å²) in [7, 11) is 1.47. The number of carbonyl (C=O) groups excluding carboxylic acids is 1. The summed E-state index contributed by atoms with van der Waals surface area (Å²) in [6.45, 7) is 7.58. The fourth-order valence-corrected chi connectivity index (χ4v) is 3.01. The van der Waals surface area contributed by atoms with Gasteiger partial charge in [0.15, 0.2) is 0 Å². The third-order valence-electron chi connectivity index (χ3n) is 4.34. The van der Waals surface area contributed by atoms with Gasteiger partial charge in [0.2, 0.25) is 0 Å². The lowest BCUT2D eigenvalue weighted by Crippen LogP contribution is -2.42. The van der Waals surface area contributed by atoms with Gasteiger partial charge in [-0.25, -0.2) is 0 Å². The number of ether oxygens (including phenoxy) is 1. The van der Waals surface area contributed by atoms with Gasteiger partial charge in [-0.05, 0) is 35.9 Å². The summed E-state index contributed by atoms with van der Waals surface area (Å²) >= 11 is 0. The predicted molar refractivity (Wildman–Crippen MR) is 85.5 cm³/mol. The Hall–Kier alpha value is -1.35. The molecule has 1 N–H and O–H groups in total. The first kappa shape index (κ1) is 16.0. The van der Waals surface area contributed by atoms with Gasteiger partial charge >= 0.3 is 5.97 Å². The summed E-state index contributed by atoms with van der Waals surface area (Å²) < 4.78 is 5.04. The molecule has 0 saturated carbocycles. The maximum Gasteiger partial charge on any atom is 0.314 e. The Kier molecular flexibility index (Phi) is 5.04. The van der Waals surface area contributed by atoms with Crippen molar-refractivity contribution in [1.82, 2.24) is 5.32 Å². The van der Waals surface area contributed by atoms with Gasteiger partial charge < -0.3 is 10.1 Å². The van der Waals surface area contributed by atoms with Crippen molar-refractivity contribution in [1.29, 1.82) is 0 Å². The first-order valence-electron chi connectivity index (χ1n) is 7.85. The van der Waals surface area contributed by atoms with E-state index < -0.39 is 0 Å². The van der Waals surface area contributed by atoms with Crippen LogP contribution in [0.1, 0.15) is 57.1 Å². The topological polar surface area (TPSA) is 38.3 Å². The number of nitrogens with one attached hydrogen (secondary N) is 1. The molecule has 1 aromatic rings. The van der Waals surface area contributed by atoms with E-state index in [1.54, 1.807) is 0 Å². The molecule has 1 fully saturated rings. The van der Waals surface area contributed by atoms with Gasteiger partial charge in [0.25, 0.3) is 0 Å². The molecule has 1 saturated heterocycles. The zero-order valence-corrected chi connectivity index (χ0v) is 13.6. The minimum atomic E-state index is -0.204. The maximum atomic E-state index is 12.2. The van der Waals surface area contributed by atoms with Crippen LogP contribution in [0.5, 0.6) is 0 Å². The highest BCUT2D eigenvalue weighted by Gasteiger charge is 2.31. The summed E-state index contributed by atoms with van der Waals surface area (Å²) in [4.78, 5) is 12.2. The van der Waals surface area contributed by atoms with Gasteiger partial charge in [-0.15, -0.1) is 0 Å². The standard InChI is InChI=1S/C18H27NO2/c1-18(2,3)14-10-8-13(9-11-14)16(17(20)21-4)15-7-5-6-12-19-15/h8-11,15-16,19H,5-7,12H2,1-4H3. The molecule has 116 valence electrons. The van der Waals surface area contributed by atoms with Gasteiger partial charge in [0.1, 0.15) is 0 Å². The second-order valence-corrected chi connectivity index (χ2v) is 6.93. The predicted octanol–water partition coefficient (Wildman–Crippen LogP) is 3.38. The van der Waals surface area contributed by atoms with Crippen LogP contribution < -0.4 is 5.32 Å². The molecule has 0 spiro atoms. The van der Waals surface area contributed by atoms with Gasteiger partial charge in [-0.3, -0.25) is 4.79 Å². The summed E-state index contributed by atoms with van der Waals surface area (Å²) in [6.07, 6.45) is 3.39. The lowest BCUT2D eigenvalue weighted by molar-refractivity contribution is -0.143. The summed E-state index contributed by atoms with van der Waals surface area (Å²) in [5.41, 5.74) is 2.46. The molecule has 3 heteroatoms. The zero-order chi connectivity index (χ0) is 15.5. The van der Waals surface area contributed by atoms with Crippen molar-refractivity contribution in [2.45, 2.75) is 57.4 Å². The van der Waals surface area contributed by atoms with E-state index in [2.05, 4.69) is 50.4 Å². The molecule has 0 aromatic heterocycles. The zero-order valence-electron chi connectivity index (χ0n) is 13.6. The molecule has 2 atom stereocenters. The molecular formula is C18H27NO2. The van der Waals surface area contributed by atoms with Gasteiger partial charge in [0, 0.05) is 6.04 Å². The van der Waals surface area contributed by atoms with Crippen molar-refractivity contribution in [3.63, 3.8) is 0 Å². The van der Waals surface area contributed by atoms with Crippen LogP contribution in [0.2, 0.25) is 0 Å². The summed E-state index contributed by atoms with van der Waals surface area (Å²) in [5, 5.41) is 3.48. The van der Waals surface area contributed by atoms with E-state index in [-0.39, 0.29) is 23.3 Å². The average molecular weight is 289 g/mol. The highest BCUT2D eigenvalue weighted by molar-refractivity contribution is 5.79. The van der Waals surface area contributed by atoms with E-state index in [1.807, 2.05) is 0 Å². The smallest absolute Gasteiger partial charge is 0.314 e. The molecule has 1 aliphatic heterocycles. The molecule has 2 unspecified atom stereocenters. The molecule has 3 nitrogen and oxygen atoms in total. The Bertz CT molecular complexity index is 467. The monoisotopic (exact) mass is 289 g/mol. The molecule has 0 bridgehead atoms. The van der Waals surface area contributed by atoms with E-state index in [0.717, 1.165) is 18.5 Å². The Morgan fingerprint density at radius 3 is 2.38 bits per heavy atom. The van der Waals surface area contributed by atoms with E-state index in [9.17, 15) is 4.79 Å². The first-order chi connectivity index (χ1) is 9.93. The second-order valence-electron chi connectivity index (χ2n) is 6.93. The Balaban J connectivity index is 2.26. The minimum absolute atomic E-state index is 0.127. The van der Waals surface area contributed by atoms with Crippen LogP contribution in [-0.4, -0.2) is 25.7 Å². The Morgan fingerprint density at radius 1 is 1.24 bits per heavy atom. The quantitative estimate of drug-likeness (QED) is 0.867. The number of rotatable bonds is 3. The fraction of sp³-hybridized carbons (Fsp3) is 0.611. The molecular weight excluding hydrogens is 262 g/mol. The van der Waals surface area contributed by atoms with Crippen LogP contribution in [0.25, 0.3) is 0 Å². The number of carbonyl (C=O) groups is 1. The summed E-state index contributed by atoms with van der Waals surface area (Å²) in [5.74, 6) is -0.345. The number of piperidine rings is 1. The van der Waals surface area contributed by atoms with E-state index in [1.165, 1.54) is 25.5 Å². The number of benzene rings is 1.